The third-order valence-electron chi connectivity index (χ3n) is 3.44. The van der Waals surface area contributed by atoms with E-state index in [1.165, 1.54) is 24.3 Å². The topological polar surface area (TPSA) is 49.8 Å². The smallest absolute Gasteiger partial charge is 0.340 e. The van der Waals surface area contributed by atoms with Gasteiger partial charge in [0, 0.05) is 11.8 Å². The van der Waals surface area contributed by atoms with E-state index in [1.807, 2.05) is 0 Å². The molecule has 0 unspecified atom stereocenters. The van der Waals surface area contributed by atoms with Gasteiger partial charge in [-0.2, -0.15) is 13.2 Å². The third-order valence-corrected chi connectivity index (χ3v) is 3.44. The van der Waals surface area contributed by atoms with Crippen molar-refractivity contribution in [3.8, 4) is 0 Å². The van der Waals surface area contributed by atoms with Crippen LogP contribution in [-0.2, 0) is 6.18 Å². The lowest BCUT2D eigenvalue weighted by molar-refractivity contribution is -0.137. The summed E-state index contributed by atoms with van der Waals surface area (Å²) in [6.07, 6.45) is -4.43. The van der Waals surface area contributed by atoms with Crippen molar-refractivity contribution >= 4 is 23.0 Å². The molecular weight excluding hydrogens is 348 g/mol. The van der Waals surface area contributed by atoms with Crippen molar-refractivity contribution in [3.63, 3.8) is 0 Å². The molecule has 0 aliphatic carbocycles. The number of anilines is 4. The highest BCUT2D eigenvalue weighted by Crippen LogP contribution is 2.31. The fourth-order valence-electron chi connectivity index (χ4n) is 2.32. The number of nitrogens with one attached hydrogen (secondary N) is 2. The van der Waals surface area contributed by atoms with E-state index in [9.17, 15) is 17.6 Å². The first kappa shape index (κ1) is 17.7. The Morgan fingerprint density at radius 3 is 2.23 bits per heavy atom. The Bertz CT molecular complexity index is 925. The van der Waals surface area contributed by atoms with E-state index in [2.05, 4.69) is 20.6 Å². The van der Waals surface area contributed by atoms with Gasteiger partial charge in [0.15, 0.2) is 0 Å². The quantitative estimate of drug-likeness (QED) is 0.608. The summed E-state index contributed by atoms with van der Waals surface area (Å²) in [7, 11) is 0. The van der Waals surface area contributed by atoms with Gasteiger partial charge < -0.3 is 10.6 Å². The molecule has 3 aromatic rings. The van der Waals surface area contributed by atoms with E-state index in [-0.39, 0.29) is 17.2 Å². The van der Waals surface area contributed by atoms with Crippen molar-refractivity contribution in [2.75, 3.05) is 10.6 Å². The van der Waals surface area contributed by atoms with E-state index in [4.69, 9.17) is 0 Å². The van der Waals surface area contributed by atoms with Crippen molar-refractivity contribution < 1.29 is 17.6 Å². The maximum Gasteiger partial charge on any atom is 0.416 e. The van der Waals surface area contributed by atoms with Crippen molar-refractivity contribution in [2.24, 2.45) is 0 Å². The van der Waals surface area contributed by atoms with Gasteiger partial charge in [0.25, 0.3) is 0 Å². The van der Waals surface area contributed by atoms with Crippen molar-refractivity contribution in [3.05, 3.63) is 71.8 Å². The van der Waals surface area contributed by atoms with Crippen LogP contribution in [0.1, 0.15) is 11.4 Å². The zero-order valence-corrected chi connectivity index (χ0v) is 13.6. The minimum absolute atomic E-state index is 0.231. The van der Waals surface area contributed by atoms with Crippen molar-refractivity contribution in [1.29, 1.82) is 0 Å². The van der Waals surface area contributed by atoms with E-state index in [1.54, 1.807) is 25.1 Å². The number of rotatable bonds is 4. The number of para-hydroxylation sites is 1. The van der Waals surface area contributed by atoms with Crippen LogP contribution in [0.3, 0.4) is 0 Å². The number of halogens is 4. The molecule has 0 bridgehead atoms. The average molecular weight is 362 g/mol. The van der Waals surface area contributed by atoms with Gasteiger partial charge in [-0.3, -0.25) is 0 Å². The van der Waals surface area contributed by atoms with Crippen LogP contribution in [0.5, 0.6) is 0 Å². The lowest BCUT2D eigenvalue weighted by Crippen LogP contribution is -2.06. The highest BCUT2D eigenvalue weighted by molar-refractivity contribution is 5.63. The lowest BCUT2D eigenvalue weighted by Gasteiger charge is -2.12. The first-order valence-electron chi connectivity index (χ1n) is 7.63. The molecule has 26 heavy (non-hydrogen) atoms. The Labute approximate surface area is 146 Å². The highest BCUT2D eigenvalue weighted by atomic mass is 19.4. The summed E-state index contributed by atoms with van der Waals surface area (Å²) in [5.41, 5.74) is -0.302. The molecule has 0 spiro atoms. The zero-order valence-electron chi connectivity index (χ0n) is 13.6. The molecule has 1 aromatic heterocycles. The van der Waals surface area contributed by atoms with Gasteiger partial charge in [-0.05, 0) is 37.3 Å². The summed E-state index contributed by atoms with van der Waals surface area (Å²) in [6, 6.07) is 12.3. The average Bonchev–Trinajstić information content (AvgIpc) is 2.56. The number of nitrogens with zero attached hydrogens (tertiary/aromatic N) is 2. The fraction of sp³-hybridized carbons (Fsp3) is 0.111. The van der Waals surface area contributed by atoms with Gasteiger partial charge in [0.1, 0.15) is 23.3 Å². The summed E-state index contributed by atoms with van der Waals surface area (Å²) in [5.74, 6) is 0.532. The van der Waals surface area contributed by atoms with E-state index >= 15 is 0 Å². The number of hydrogen-bond acceptors (Lipinski definition) is 4. The second-order valence-electron chi connectivity index (χ2n) is 5.49. The number of benzene rings is 2. The molecule has 2 aromatic carbocycles. The predicted molar refractivity (Wildman–Crippen MR) is 91.2 cm³/mol. The van der Waals surface area contributed by atoms with E-state index in [0.717, 1.165) is 12.1 Å². The first-order valence-corrected chi connectivity index (χ1v) is 7.63. The molecule has 3 rings (SSSR count). The minimum atomic E-state index is -4.43. The monoisotopic (exact) mass is 362 g/mol. The lowest BCUT2D eigenvalue weighted by atomic mass is 10.2. The molecule has 4 nitrogen and oxygen atoms in total. The van der Waals surface area contributed by atoms with Crippen LogP contribution in [0.15, 0.2) is 54.6 Å². The summed E-state index contributed by atoms with van der Waals surface area (Å²) < 4.78 is 52.2. The number of alkyl halides is 3. The van der Waals surface area contributed by atoms with Crippen LogP contribution in [0.25, 0.3) is 0 Å². The number of aryl methyl sites for hydroxylation is 1. The van der Waals surface area contributed by atoms with Crippen LogP contribution in [-0.4, -0.2) is 9.97 Å². The van der Waals surface area contributed by atoms with Crippen LogP contribution in [0.2, 0.25) is 0 Å². The molecular formula is C18H14F4N4. The normalized spacial score (nSPS) is 11.3. The molecule has 0 aliphatic heterocycles. The van der Waals surface area contributed by atoms with Gasteiger partial charge in [0.05, 0.1) is 11.3 Å². The van der Waals surface area contributed by atoms with E-state index < -0.39 is 17.6 Å². The summed E-state index contributed by atoms with van der Waals surface area (Å²) in [5, 5.41) is 5.64. The largest absolute Gasteiger partial charge is 0.416 e. The molecule has 0 saturated carbocycles. The van der Waals surface area contributed by atoms with Crippen LogP contribution in [0.4, 0.5) is 40.6 Å². The molecule has 0 fully saturated rings. The van der Waals surface area contributed by atoms with Gasteiger partial charge in [-0.1, -0.05) is 18.2 Å². The van der Waals surface area contributed by atoms with Crippen LogP contribution < -0.4 is 10.6 Å². The molecule has 0 saturated heterocycles. The van der Waals surface area contributed by atoms with Crippen molar-refractivity contribution in [1.82, 2.24) is 9.97 Å². The number of aromatic nitrogens is 2. The standard InChI is InChI=1S/C18H14F4N4/c1-11-23-16(25-13-6-4-5-12(9-13)18(20,21)22)10-17(24-11)26-15-8-3-2-7-14(15)19/h2-10H,1H3,(H2,23,24,25,26). The molecule has 8 heteroatoms. The van der Waals surface area contributed by atoms with E-state index in [0.29, 0.717) is 11.6 Å². The molecule has 0 aliphatic rings. The first-order chi connectivity index (χ1) is 12.3. The third kappa shape index (κ3) is 4.27. The predicted octanol–water partition coefficient (Wildman–Crippen LogP) is 5.43. The Balaban J connectivity index is 1.85. The molecule has 2 N–H and O–H groups in total. The van der Waals surface area contributed by atoms with Gasteiger partial charge >= 0.3 is 6.18 Å². The molecule has 0 radical (unpaired) electrons. The minimum Gasteiger partial charge on any atom is -0.340 e. The Kier molecular flexibility index (Phi) is 4.75. The summed E-state index contributed by atoms with van der Waals surface area (Å²) in [4.78, 5) is 8.31. The SMILES string of the molecule is Cc1nc(Nc2cccc(C(F)(F)F)c2)cc(Nc2ccccc2F)n1. The highest BCUT2D eigenvalue weighted by Gasteiger charge is 2.30. The van der Waals surface area contributed by atoms with Crippen LogP contribution >= 0.6 is 0 Å². The summed E-state index contributed by atoms with van der Waals surface area (Å²) in [6.45, 7) is 1.63. The second-order valence-corrected chi connectivity index (χ2v) is 5.49. The molecule has 134 valence electrons. The second kappa shape index (κ2) is 6.99. The number of hydrogen-bond donors (Lipinski definition) is 2. The maximum atomic E-state index is 13.8. The summed E-state index contributed by atoms with van der Waals surface area (Å²) >= 11 is 0. The molecule has 1 heterocycles. The Morgan fingerprint density at radius 2 is 1.54 bits per heavy atom. The molecule has 0 atom stereocenters. The zero-order chi connectivity index (χ0) is 18.7. The Hall–Kier alpha value is -3.16. The van der Waals surface area contributed by atoms with Gasteiger partial charge in [0.2, 0.25) is 0 Å². The Morgan fingerprint density at radius 1 is 0.846 bits per heavy atom. The van der Waals surface area contributed by atoms with Crippen molar-refractivity contribution in [2.45, 2.75) is 13.1 Å². The maximum absolute atomic E-state index is 13.8. The van der Waals surface area contributed by atoms with Crippen LogP contribution in [0, 0.1) is 12.7 Å². The fourth-order valence-corrected chi connectivity index (χ4v) is 2.32. The van der Waals surface area contributed by atoms with Gasteiger partial charge in [-0.15, -0.1) is 0 Å². The van der Waals surface area contributed by atoms with Gasteiger partial charge in [-0.25, -0.2) is 14.4 Å². The molecule has 0 amide bonds.